The molecule has 0 saturated carbocycles. The van der Waals surface area contributed by atoms with Gasteiger partial charge in [0.25, 0.3) is 10.0 Å². The Labute approximate surface area is 206 Å². The van der Waals surface area contributed by atoms with E-state index in [2.05, 4.69) is 16.5 Å². The van der Waals surface area contributed by atoms with E-state index in [4.69, 9.17) is 4.18 Å². The van der Waals surface area contributed by atoms with Crippen LogP contribution in [0.25, 0.3) is 6.08 Å². The molecule has 0 aliphatic heterocycles. The summed E-state index contributed by atoms with van der Waals surface area (Å²) in [6.45, 7) is 4.96. The Morgan fingerprint density at radius 1 is 1.21 bits per heavy atom. The van der Waals surface area contributed by atoms with Gasteiger partial charge in [0.05, 0.1) is 22.8 Å². The lowest BCUT2D eigenvalue weighted by Gasteiger charge is -2.21. The average Bonchev–Trinajstić information content (AvgIpc) is 2.82. The molecule has 1 aliphatic rings. The van der Waals surface area contributed by atoms with Gasteiger partial charge < -0.3 is 9.29 Å². The van der Waals surface area contributed by atoms with Gasteiger partial charge in [-0.2, -0.15) is 0 Å². The zero-order valence-electron chi connectivity index (χ0n) is 19.6. The van der Waals surface area contributed by atoms with E-state index in [-0.39, 0.29) is 16.1 Å². The number of hydrogen-bond donors (Lipinski definition) is 2. The molecule has 0 fully saturated rings. The van der Waals surface area contributed by atoms with Gasteiger partial charge in [-0.05, 0) is 73.1 Å². The second-order valence-corrected chi connectivity index (χ2v) is 10.3. The lowest BCUT2D eigenvalue weighted by atomic mass is 9.87. The summed E-state index contributed by atoms with van der Waals surface area (Å²) >= 11 is 1.34. The van der Waals surface area contributed by atoms with E-state index in [1.807, 2.05) is 18.4 Å². The lowest BCUT2D eigenvalue weighted by molar-refractivity contribution is 0.0696. The van der Waals surface area contributed by atoms with Gasteiger partial charge in [-0.3, -0.25) is 9.62 Å². The molecule has 1 aliphatic carbocycles. The molecule has 0 amide bonds. The van der Waals surface area contributed by atoms with Crippen molar-refractivity contribution in [3.05, 3.63) is 64.7 Å². The summed E-state index contributed by atoms with van der Waals surface area (Å²) in [7, 11) is -4.00. The first-order valence-corrected chi connectivity index (χ1v) is 14.0. The van der Waals surface area contributed by atoms with Gasteiger partial charge in [0.2, 0.25) is 0 Å². The van der Waals surface area contributed by atoms with E-state index in [0.717, 1.165) is 43.5 Å². The zero-order valence-corrected chi connectivity index (χ0v) is 21.3. The summed E-state index contributed by atoms with van der Waals surface area (Å²) in [5, 5.41) is 9.85. The standard InChI is InChI=1S/C25H32N2O5S2/c1-3-27(17-18-32-33-2)16-8-11-20-10-5-7-13-23(20)34(30,31)26-22-15-14-19-9-4-6-12-21(19)24(22)25(28)29/h5,7-8,10-11,13-15,26H,3-4,6,9,12,16-18H2,1-2H3,(H,28,29)/b11-8-. The first-order valence-electron chi connectivity index (χ1n) is 11.4. The van der Waals surface area contributed by atoms with E-state index >= 15 is 0 Å². The first-order chi connectivity index (χ1) is 16.4. The third-order valence-corrected chi connectivity index (χ3v) is 7.76. The van der Waals surface area contributed by atoms with Crippen LogP contribution < -0.4 is 4.72 Å². The number of nitrogens with zero attached hydrogens (tertiary/aromatic N) is 1. The third kappa shape index (κ3) is 6.63. The molecule has 9 heteroatoms. The number of hydrogen-bond acceptors (Lipinski definition) is 6. The Bertz CT molecular complexity index is 1130. The highest BCUT2D eigenvalue weighted by molar-refractivity contribution is 7.94. The van der Waals surface area contributed by atoms with Gasteiger partial charge in [0.15, 0.2) is 0 Å². The molecular formula is C25H32N2O5S2. The average molecular weight is 505 g/mol. The lowest BCUT2D eigenvalue weighted by Crippen LogP contribution is -2.27. The van der Waals surface area contributed by atoms with E-state index in [9.17, 15) is 18.3 Å². The first kappa shape index (κ1) is 26.3. The van der Waals surface area contributed by atoms with E-state index in [1.54, 1.807) is 30.3 Å². The van der Waals surface area contributed by atoms with Gasteiger partial charge >= 0.3 is 5.97 Å². The Balaban J connectivity index is 1.84. The van der Waals surface area contributed by atoms with Crippen molar-refractivity contribution in [3.8, 4) is 0 Å². The molecule has 2 N–H and O–H groups in total. The van der Waals surface area contributed by atoms with Crippen LogP contribution in [0, 0.1) is 0 Å². The number of carboxylic acid groups (broad SMARTS) is 1. The minimum Gasteiger partial charge on any atom is -0.478 e. The van der Waals surface area contributed by atoms with E-state index in [1.165, 1.54) is 18.1 Å². The summed E-state index contributed by atoms with van der Waals surface area (Å²) in [4.78, 5) is 14.3. The van der Waals surface area contributed by atoms with Crippen LogP contribution in [0.1, 0.15) is 46.8 Å². The van der Waals surface area contributed by atoms with Crippen molar-refractivity contribution in [1.82, 2.24) is 4.90 Å². The second-order valence-electron chi connectivity index (χ2n) is 8.07. The van der Waals surface area contributed by atoms with Crippen molar-refractivity contribution in [2.45, 2.75) is 37.5 Å². The summed E-state index contributed by atoms with van der Waals surface area (Å²) < 4.78 is 34.5. The SMILES string of the molecule is CCN(C/C=C\c1ccccc1S(=O)(=O)Nc1ccc2c(c1C(=O)O)CCCC2)CCOSC. The topological polar surface area (TPSA) is 95.9 Å². The number of anilines is 1. The summed E-state index contributed by atoms with van der Waals surface area (Å²) in [5.74, 6) is -1.12. The maximum absolute atomic E-state index is 13.3. The number of rotatable bonds is 12. The maximum Gasteiger partial charge on any atom is 0.338 e. The molecule has 184 valence electrons. The number of aryl methyl sites for hydroxylation is 1. The molecule has 0 atom stereocenters. The van der Waals surface area contributed by atoms with Gasteiger partial charge in [-0.25, -0.2) is 13.2 Å². The molecule has 0 unspecified atom stereocenters. The van der Waals surface area contributed by atoms with Crippen LogP contribution in [-0.2, 0) is 27.0 Å². The molecule has 0 radical (unpaired) electrons. The van der Waals surface area contributed by atoms with Crippen LogP contribution in [0.3, 0.4) is 0 Å². The monoisotopic (exact) mass is 504 g/mol. The molecule has 0 bridgehead atoms. The quantitative estimate of drug-likeness (QED) is 0.320. The van der Waals surface area contributed by atoms with Crippen molar-refractivity contribution < 1.29 is 22.5 Å². The van der Waals surface area contributed by atoms with Gasteiger partial charge in [0.1, 0.15) is 0 Å². The zero-order chi connectivity index (χ0) is 24.6. The highest BCUT2D eigenvalue weighted by Crippen LogP contribution is 2.31. The highest BCUT2D eigenvalue weighted by atomic mass is 32.2. The maximum atomic E-state index is 13.3. The Morgan fingerprint density at radius 2 is 1.97 bits per heavy atom. The summed E-state index contributed by atoms with van der Waals surface area (Å²) in [6.07, 6.45) is 8.96. The summed E-state index contributed by atoms with van der Waals surface area (Å²) in [6, 6.07) is 10.1. The van der Waals surface area contributed by atoms with Crippen LogP contribution in [0.15, 0.2) is 47.4 Å². The Morgan fingerprint density at radius 3 is 2.71 bits per heavy atom. The van der Waals surface area contributed by atoms with Crippen molar-refractivity contribution in [2.75, 3.05) is 37.2 Å². The predicted octanol–water partition coefficient (Wildman–Crippen LogP) is 4.69. The highest BCUT2D eigenvalue weighted by Gasteiger charge is 2.25. The van der Waals surface area contributed by atoms with E-state index < -0.39 is 16.0 Å². The minimum absolute atomic E-state index is 0.0554. The predicted molar refractivity (Wildman–Crippen MR) is 138 cm³/mol. The molecule has 3 rings (SSSR count). The fraction of sp³-hybridized carbons (Fsp3) is 0.400. The molecule has 0 aromatic heterocycles. The second kappa shape index (κ2) is 12.4. The fourth-order valence-electron chi connectivity index (χ4n) is 4.18. The van der Waals surface area contributed by atoms with Crippen LogP contribution in [0.2, 0.25) is 0 Å². The van der Waals surface area contributed by atoms with Crippen molar-refractivity contribution in [3.63, 3.8) is 0 Å². The number of likely N-dealkylation sites (N-methyl/N-ethyl adjacent to an activating group) is 1. The minimum atomic E-state index is -4.00. The van der Waals surface area contributed by atoms with Crippen molar-refractivity contribution >= 4 is 39.8 Å². The smallest absolute Gasteiger partial charge is 0.338 e. The molecule has 34 heavy (non-hydrogen) atoms. The van der Waals surface area contributed by atoms with Crippen LogP contribution in [-0.4, -0.2) is 56.9 Å². The Kier molecular flexibility index (Phi) is 9.58. The van der Waals surface area contributed by atoms with Gasteiger partial charge in [-0.15, -0.1) is 0 Å². The number of fused-ring (bicyclic) bond motifs is 1. The largest absolute Gasteiger partial charge is 0.478 e. The molecule has 2 aromatic rings. The van der Waals surface area contributed by atoms with E-state index in [0.29, 0.717) is 25.1 Å². The number of carboxylic acids is 1. The fourth-order valence-corrected chi connectivity index (χ4v) is 5.69. The van der Waals surface area contributed by atoms with Crippen LogP contribution in [0.4, 0.5) is 5.69 Å². The molecule has 7 nitrogen and oxygen atoms in total. The van der Waals surface area contributed by atoms with Crippen LogP contribution in [0.5, 0.6) is 0 Å². The van der Waals surface area contributed by atoms with Crippen molar-refractivity contribution in [2.24, 2.45) is 0 Å². The third-order valence-electron chi connectivity index (χ3n) is 5.92. The van der Waals surface area contributed by atoms with Gasteiger partial charge in [-0.1, -0.05) is 43.3 Å². The normalized spacial score (nSPS) is 13.9. The Hall–Kier alpha value is -2.33. The van der Waals surface area contributed by atoms with Gasteiger partial charge in [0, 0.05) is 19.3 Å². The van der Waals surface area contributed by atoms with Crippen molar-refractivity contribution in [1.29, 1.82) is 0 Å². The molecule has 0 saturated heterocycles. The molecule has 0 heterocycles. The number of sulfonamides is 1. The number of carbonyl (C=O) groups is 1. The summed E-state index contributed by atoms with van der Waals surface area (Å²) in [5.41, 5.74) is 2.43. The molecule has 2 aromatic carbocycles. The number of nitrogens with one attached hydrogen (secondary N) is 1. The molecular weight excluding hydrogens is 472 g/mol. The number of benzene rings is 2. The number of aromatic carboxylic acids is 1. The van der Waals surface area contributed by atoms with Crippen LogP contribution >= 0.6 is 12.0 Å². The molecule has 0 spiro atoms.